The van der Waals surface area contributed by atoms with E-state index in [0.29, 0.717) is 12.2 Å². The van der Waals surface area contributed by atoms with Crippen LogP contribution in [0.4, 0.5) is 11.4 Å². The predicted molar refractivity (Wildman–Crippen MR) is 89.3 cm³/mol. The Morgan fingerprint density at radius 2 is 1.87 bits per heavy atom. The molecule has 1 aromatic carbocycles. The summed E-state index contributed by atoms with van der Waals surface area (Å²) in [5.41, 5.74) is -0.611. The molecule has 0 saturated heterocycles. The van der Waals surface area contributed by atoms with Crippen molar-refractivity contribution in [2.45, 2.75) is 31.2 Å². The van der Waals surface area contributed by atoms with Gasteiger partial charge in [0.05, 0.1) is 37.0 Å². The van der Waals surface area contributed by atoms with Gasteiger partial charge in [0.1, 0.15) is 5.69 Å². The van der Waals surface area contributed by atoms with Crippen LogP contribution in [-0.4, -0.2) is 46.1 Å². The van der Waals surface area contributed by atoms with E-state index in [4.69, 9.17) is 0 Å². The molecular weight excluding hydrogens is 320 g/mol. The quantitative estimate of drug-likeness (QED) is 0.484. The number of nitrogens with one attached hydrogen (secondary N) is 3. The molecule has 23 heavy (non-hydrogen) atoms. The number of likely N-dealkylation sites (N-methyl/N-ethyl adjacent to an activating group) is 1. The van der Waals surface area contributed by atoms with E-state index < -0.39 is 20.5 Å². The Morgan fingerprint density at radius 1 is 1.26 bits per heavy atom. The smallest absolute Gasteiger partial charge is 0.293 e. The van der Waals surface area contributed by atoms with Crippen molar-refractivity contribution >= 4 is 21.4 Å². The normalized spacial score (nSPS) is 12.4. The van der Waals surface area contributed by atoms with E-state index in [2.05, 4.69) is 10.0 Å². The summed E-state index contributed by atoms with van der Waals surface area (Å²) >= 11 is 0. The van der Waals surface area contributed by atoms with Crippen LogP contribution in [0, 0.1) is 10.1 Å². The second kappa shape index (κ2) is 7.24. The molecule has 8 nitrogen and oxygen atoms in total. The Balaban J connectivity index is 3.11. The lowest BCUT2D eigenvalue weighted by Gasteiger charge is -2.20. The van der Waals surface area contributed by atoms with Gasteiger partial charge in [-0.15, -0.1) is 0 Å². The molecule has 0 unspecified atom stereocenters. The number of sulfonamides is 1. The molecular formula is C14H25N4O4S+. The fourth-order valence-electron chi connectivity index (χ4n) is 1.89. The van der Waals surface area contributed by atoms with Crippen molar-refractivity contribution in [3.05, 3.63) is 28.3 Å². The zero-order valence-electron chi connectivity index (χ0n) is 14.1. The summed E-state index contributed by atoms with van der Waals surface area (Å²) in [5, 5.41) is 14.2. The van der Waals surface area contributed by atoms with Gasteiger partial charge in [-0.2, -0.15) is 0 Å². The summed E-state index contributed by atoms with van der Waals surface area (Å²) in [4.78, 5) is 11.7. The first-order valence-corrected chi connectivity index (χ1v) is 8.76. The van der Waals surface area contributed by atoms with Crippen molar-refractivity contribution < 1.29 is 18.2 Å². The molecule has 0 fully saturated rings. The Hall–Kier alpha value is -1.71. The van der Waals surface area contributed by atoms with Gasteiger partial charge in [-0.3, -0.25) is 10.1 Å². The Labute approximate surface area is 137 Å². The minimum Gasteiger partial charge on any atom is -0.374 e. The first-order chi connectivity index (χ1) is 10.4. The number of benzene rings is 1. The SMILES string of the molecule is C[NH+](C)CCNc1ccc(S(=O)(=O)NC(C)(C)C)cc1[N+](=O)[O-]. The average Bonchev–Trinajstić information content (AvgIpc) is 2.35. The number of anilines is 1. The van der Waals surface area contributed by atoms with Crippen LogP contribution in [0.1, 0.15) is 20.8 Å². The molecule has 0 aliphatic heterocycles. The lowest BCUT2D eigenvalue weighted by Crippen LogP contribution is -3.06. The largest absolute Gasteiger partial charge is 0.374 e. The number of hydrogen-bond acceptors (Lipinski definition) is 5. The van der Waals surface area contributed by atoms with Gasteiger partial charge >= 0.3 is 0 Å². The Bertz CT molecular complexity index is 666. The Kier molecular flexibility index (Phi) is 6.09. The third kappa shape index (κ3) is 6.12. The number of rotatable bonds is 7. The van der Waals surface area contributed by atoms with Crippen LogP contribution < -0.4 is 14.9 Å². The molecule has 0 radical (unpaired) electrons. The van der Waals surface area contributed by atoms with E-state index in [0.717, 1.165) is 12.6 Å². The van der Waals surface area contributed by atoms with Crippen LogP contribution in [0.25, 0.3) is 0 Å². The standard InChI is InChI=1S/C14H24N4O4S/c1-14(2,3)16-23(21,22)11-6-7-12(13(10-11)18(19)20)15-8-9-17(4)5/h6-7,10,15-16H,8-9H2,1-5H3/p+1. The molecule has 0 saturated carbocycles. The highest BCUT2D eigenvalue weighted by atomic mass is 32.2. The minimum atomic E-state index is -3.81. The van der Waals surface area contributed by atoms with Crippen LogP contribution in [0.5, 0.6) is 0 Å². The molecule has 1 rings (SSSR count). The first-order valence-electron chi connectivity index (χ1n) is 7.28. The van der Waals surface area contributed by atoms with Crippen LogP contribution in [0.3, 0.4) is 0 Å². The summed E-state index contributed by atoms with van der Waals surface area (Å²) in [5.74, 6) is 0. The second-order valence-corrected chi connectivity index (χ2v) is 8.36. The maximum absolute atomic E-state index is 12.3. The molecule has 0 aliphatic carbocycles. The molecule has 0 aromatic heterocycles. The summed E-state index contributed by atoms with van der Waals surface area (Å²) in [6.45, 7) is 6.45. The number of nitro groups is 1. The van der Waals surface area contributed by atoms with Crippen LogP contribution in [0.2, 0.25) is 0 Å². The maximum Gasteiger partial charge on any atom is 0.293 e. The zero-order valence-corrected chi connectivity index (χ0v) is 15.0. The van der Waals surface area contributed by atoms with Crippen molar-refractivity contribution in [3.8, 4) is 0 Å². The van der Waals surface area contributed by atoms with Gasteiger partial charge < -0.3 is 10.2 Å². The van der Waals surface area contributed by atoms with Crippen molar-refractivity contribution in [3.63, 3.8) is 0 Å². The van der Waals surface area contributed by atoms with Gasteiger partial charge in [-0.1, -0.05) is 0 Å². The molecule has 0 amide bonds. The van der Waals surface area contributed by atoms with E-state index in [1.165, 1.54) is 17.0 Å². The number of nitrogens with zero attached hydrogens (tertiary/aromatic N) is 1. The molecule has 0 bridgehead atoms. The lowest BCUT2D eigenvalue weighted by atomic mass is 10.1. The average molecular weight is 345 g/mol. The van der Waals surface area contributed by atoms with Gasteiger partial charge in [0.2, 0.25) is 10.0 Å². The summed E-state index contributed by atoms with van der Waals surface area (Å²) in [6, 6.07) is 3.88. The van der Waals surface area contributed by atoms with E-state index >= 15 is 0 Å². The number of hydrogen-bond donors (Lipinski definition) is 3. The van der Waals surface area contributed by atoms with E-state index in [9.17, 15) is 18.5 Å². The van der Waals surface area contributed by atoms with Crippen molar-refractivity contribution in [1.29, 1.82) is 0 Å². The predicted octanol–water partition coefficient (Wildman–Crippen LogP) is 0.228. The van der Waals surface area contributed by atoms with E-state index in [-0.39, 0.29) is 10.6 Å². The molecule has 130 valence electrons. The molecule has 0 atom stereocenters. The van der Waals surface area contributed by atoms with Crippen molar-refractivity contribution in [2.75, 3.05) is 32.5 Å². The zero-order chi connectivity index (χ0) is 17.8. The Morgan fingerprint density at radius 3 is 2.35 bits per heavy atom. The minimum absolute atomic E-state index is 0.122. The second-order valence-electron chi connectivity index (χ2n) is 6.68. The van der Waals surface area contributed by atoms with Gasteiger partial charge in [-0.25, -0.2) is 13.1 Å². The molecule has 0 aliphatic rings. The maximum atomic E-state index is 12.3. The lowest BCUT2D eigenvalue weighted by molar-refractivity contribution is -0.856. The third-order valence-corrected chi connectivity index (χ3v) is 4.61. The molecule has 1 aromatic rings. The van der Waals surface area contributed by atoms with E-state index in [1.54, 1.807) is 20.8 Å². The van der Waals surface area contributed by atoms with Gasteiger partial charge in [0.15, 0.2) is 0 Å². The van der Waals surface area contributed by atoms with Gasteiger partial charge in [0, 0.05) is 11.6 Å². The summed E-state index contributed by atoms with van der Waals surface area (Å²) in [6.07, 6.45) is 0. The van der Waals surface area contributed by atoms with Gasteiger partial charge in [0.25, 0.3) is 5.69 Å². The fourth-order valence-corrected chi connectivity index (χ4v) is 3.33. The van der Waals surface area contributed by atoms with Crippen LogP contribution >= 0.6 is 0 Å². The summed E-state index contributed by atoms with van der Waals surface area (Å²) < 4.78 is 27.0. The molecule has 3 N–H and O–H groups in total. The fraction of sp³-hybridized carbons (Fsp3) is 0.571. The molecule has 9 heteroatoms. The highest BCUT2D eigenvalue weighted by molar-refractivity contribution is 7.89. The third-order valence-electron chi connectivity index (χ3n) is 2.86. The van der Waals surface area contributed by atoms with Crippen LogP contribution in [-0.2, 0) is 10.0 Å². The van der Waals surface area contributed by atoms with Crippen molar-refractivity contribution in [2.24, 2.45) is 0 Å². The highest BCUT2D eigenvalue weighted by Crippen LogP contribution is 2.27. The highest BCUT2D eigenvalue weighted by Gasteiger charge is 2.25. The monoisotopic (exact) mass is 345 g/mol. The molecule has 0 heterocycles. The first kappa shape index (κ1) is 19.3. The summed E-state index contributed by atoms with van der Waals surface area (Å²) in [7, 11) is 0.141. The van der Waals surface area contributed by atoms with Crippen LogP contribution in [0.15, 0.2) is 23.1 Å². The molecule has 0 spiro atoms. The number of nitro benzene ring substituents is 1. The van der Waals surface area contributed by atoms with Gasteiger partial charge in [-0.05, 0) is 32.9 Å². The number of quaternary nitrogens is 1. The van der Waals surface area contributed by atoms with Crippen molar-refractivity contribution in [1.82, 2.24) is 4.72 Å². The topological polar surface area (TPSA) is 106 Å². The van der Waals surface area contributed by atoms with E-state index in [1.807, 2.05) is 14.1 Å².